The second kappa shape index (κ2) is 6.92. The highest BCUT2D eigenvalue weighted by Crippen LogP contribution is 2.60. The largest absolute Gasteiger partial charge is 0.507 e. The van der Waals surface area contributed by atoms with E-state index in [0.29, 0.717) is 37.8 Å². The molecular formula is C23H30N2O4. The molecule has 6 nitrogen and oxygen atoms in total. The van der Waals surface area contributed by atoms with Crippen molar-refractivity contribution in [3.05, 3.63) is 23.8 Å². The molecule has 0 atom stereocenters. The molecule has 1 aliphatic heterocycles. The molecule has 0 radical (unpaired) electrons. The second-order valence-corrected chi connectivity index (χ2v) is 9.67. The van der Waals surface area contributed by atoms with Crippen LogP contribution in [0.3, 0.4) is 0 Å². The molecule has 29 heavy (non-hydrogen) atoms. The molecule has 4 saturated carbocycles. The first-order valence-corrected chi connectivity index (χ1v) is 10.9. The van der Waals surface area contributed by atoms with Crippen LogP contribution in [-0.4, -0.2) is 60.0 Å². The van der Waals surface area contributed by atoms with E-state index in [1.165, 1.54) is 32.4 Å². The highest BCUT2D eigenvalue weighted by Gasteiger charge is 2.55. The van der Waals surface area contributed by atoms with Crippen molar-refractivity contribution < 1.29 is 19.4 Å². The van der Waals surface area contributed by atoms with Crippen LogP contribution in [0.1, 0.15) is 48.9 Å². The molecule has 1 N–H and O–H groups in total. The quantitative estimate of drug-likeness (QED) is 0.850. The van der Waals surface area contributed by atoms with Gasteiger partial charge in [-0.15, -0.1) is 0 Å². The minimum absolute atomic E-state index is 0.0681. The molecule has 4 bridgehead atoms. The van der Waals surface area contributed by atoms with E-state index in [9.17, 15) is 14.7 Å². The van der Waals surface area contributed by atoms with Gasteiger partial charge in [0.15, 0.2) is 0 Å². The van der Waals surface area contributed by atoms with Gasteiger partial charge in [0.2, 0.25) is 5.91 Å². The van der Waals surface area contributed by atoms with Crippen LogP contribution in [0.5, 0.6) is 11.5 Å². The maximum absolute atomic E-state index is 13.5. The van der Waals surface area contributed by atoms with E-state index >= 15 is 0 Å². The number of carbonyl (C=O) groups excluding carboxylic acids is 2. The summed E-state index contributed by atoms with van der Waals surface area (Å²) in [7, 11) is 1.52. The molecule has 0 unspecified atom stereocenters. The van der Waals surface area contributed by atoms with E-state index in [0.717, 1.165) is 37.0 Å². The van der Waals surface area contributed by atoms with Crippen LogP contribution in [-0.2, 0) is 4.79 Å². The number of rotatable bonds is 3. The zero-order chi connectivity index (χ0) is 20.2. The van der Waals surface area contributed by atoms with Gasteiger partial charge in [-0.25, -0.2) is 0 Å². The number of methoxy groups -OCH3 is 1. The predicted molar refractivity (Wildman–Crippen MR) is 108 cm³/mol. The molecule has 156 valence electrons. The summed E-state index contributed by atoms with van der Waals surface area (Å²) in [6, 6.07) is 4.74. The standard InChI is InChI=1S/C23H30N2O4/c1-29-18-2-3-19(20(26)11-18)21(27)24-4-6-25(7-5-24)22(28)23-12-15-8-16(13-23)10-17(9-15)14-23/h2-3,11,15-17,26H,4-10,12-14H2,1H3. The monoisotopic (exact) mass is 398 g/mol. The lowest BCUT2D eigenvalue weighted by atomic mass is 9.49. The van der Waals surface area contributed by atoms with Crippen LogP contribution in [0.25, 0.3) is 0 Å². The van der Waals surface area contributed by atoms with Crippen LogP contribution in [0, 0.1) is 23.2 Å². The summed E-state index contributed by atoms with van der Waals surface area (Å²) < 4.78 is 5.09. The number of hydrogen-bond donors (Lipinski definition) is 1. The Bertz CT molecular complexity index is 793. The Kier molecular flexibility index (Phi) is 4.48. The van der Waals surface area contributed by atoms with Gasteiger partial charge in [0.1, 0.15) is 11.5 Å². The first-order chi connectivity index (χ1) is 14.0. The van der Waals surface area contributed by atoms with Crippen LogP contribution in [0.4, 0.5) is 0 Å². The van der Waals surface area contributed by atoms with Crippen LogP contribution >= 0.6 is 0 Å². The lowest BCUT2D eigenvalue weighted by Gasteiger charge is -2.57. The van der Waals surface area contributed by atoms with Gasteiger partial charge < -0.3 is 19.6 Å². The Hall–Kier alpha value is -2.24. The average Bonchev–Trinajstić information content (AvgIpc) is 2.72. The zero-order valence-corrected chi connectivity index (χ0v) is 17.1. The number of carbonyl (C=O) groups is 2. The Morgan fingerprint density at radius 2 is 1.52 bits per heavy atom. The van der Waals surface area contributed by atoms with Crippen molar-refractivity contribution in [2.75, 3.05) is 33.3 Å². The van der Waals surface area contributed by atoms with Gasteiger partial charge in [0, 0.05) is 32.2 Å². The Balaban J connectivity index is 1.24. The van der Waals surface area contributed by atoms with Gasteiger partial charge in [-0.1, -0.05) is 0 Å². The fraction of sp³-hybridized carbons (Fsp3) is 0.652. The third kappa shape index (κ3) is 3.17. The first kappa shape index (κ1) is 18.8. The number of nitrogens with zero attached hydrogens (tertiary/aromatic N) is 2. The third-order valence-corrected chi connectivity index (χ3v) is 7.78. The summed E-state index contributed by atoms with van der Waals surface area (Å²) in [4.78, 5) is 30.1. The van der Waals surface area contributed by atoms with Gasteiger partial charge >= 0.3 is 0 Å². The fourth-order valence-electron chi connectivity index (χ4n) is 6.81. The Morgan fingerprint density at radius 1 is 0.966 bits per heavy atom. The minimum Gasteiger partial charge on any atom is -0.507 e. The number of phenols is 1. The van der Waals surface area contributed by atoms with Crippen molar-refractivity contribution in [1.29, 1.82) is 0 Å². The maximum atomic E-state index is 13.5. The van der Waals surface area contributed by atoms with Gasteiger partial charge in [0.25, 0.3) is 5.91 Å². The van der Waals surface area contributed by atoms with Crippen molar-refractivity contribution in [3.8, 4) is 11.5 Å². The van der Waals surface area contributed by atoms with E-state index in [4.69, 9.17) is 4.74 Å². The molecule has 2 amide bonds. The summed E-state index contributed by atoms with van der Waals surface area (Å²) in [5.41, 5.74) is 0.168. The van der Waals surface area contributed by atoms with Crippen molar-refractivity contribution in [1.82, 2.24) is 9.80 Å². The van der Waals surface area contributed by atoms with E-state index in [-0.39, 0.29) is 22.6 Å². The average molecular weight is 399 g/mol. The van der Waals surface area contributed by atoms with Gasteiger partial charge in [-0.2, -0.15) is 0 Å². The smallest absolute Gasteiger partial charge is 0.257 e. The minimum atomic E-state index is -0.188. The second-order valence-electron chi connectivity index (χ2n) is 9.67. The van der Waals surface area contributed by atoms with E-state index in [1.54, 1.807) is 17.0 Å². The molecule has 5 aliphatic rings. The molecule has 0 aromatic heterocycles. The first-order valence-electron chi connectivity index (χ1n) is 10.9. The Labute approximate surface area is 171 Å². The van der Waals surface area contributed by atoms with Crippen molar-refractivity contribution in [3.63, 3.8) is 0 Å². The molecule has 1 saturated heterocycles. The van der Waals surface area contributed by atoms with Crippen LogP contribution in [0.2, 0.25) is 0 Å². The van der Waals surface area contributed by atoms with Gasteiger partial charge in [-0.3, -0.25) is 9.59 Å². The molecule has 1 aromatic rings. The summed E-state index contributed by atoms with van der Waals surface area (Å²) in [5, 5.41) is 10.2. The molecule has 4 aliphatic carbocycles. The molecule has 1 aromatic carbocycles. The SMILES string of the molecule is COc1ccc(C(=O)N2CCN(C(=O)C34CC5CC(CC(C5)C3)C4)CC2)c(O)c1. The zero-order valence-electron chi connectivity index (χ0n) is 17.1. The molecule has 5 fully saturated rings. The summed E-state index contributed by atoms with van der Waals surface area (Å²) in [6.45, 7) is 2.21. The normalized spacial score (nSPS) is 33.1. The lowest BCUT2D eigenvalue weighted by Crippen LogP contribution is -2.58. The molecular weight excluding hydrogens is 368 g/mol. The van der Waals surface area contributed by atoms with Crippen molar-refractivity contribution >= 4 is 11.8 Å². The number of aromatic hydroxyl groups is 1. The fourth-order valence-corrected chi connectivity index (χ4v) is 6.81. The Morgan fingerprint density at radius 3 is 2.03 bits per heavy atom. The molecule has 6 rings (SSSR count). The number of hydrogen-bond acceptors (Lipinski definition) is 4. The molecule has 6 heteroatoms. The highest BCUT2D eigenvalue weighted by molar-refractivity contribution is 5.97. The summed E-state index contributed by atoms with van der Waals surface area (Å²) >= 11 is 0. The summed E-state index contributed by atoms with van der Waals surface area (Å²) in [6.07, 6.45) is 7.24. The van der Waals surface area contributed by atoms with Crippen molar-refractivity contribution in [2.45, 2.75) is 38.5 Å². The van der Waals surface area contributed by atoms with E-state index in [2.05, 4.69) is 0 Å². The lowest BCUT2D eigenvalue weighted by molar-refractivity contribution is -0.159. The van der Waals surface area contributed by atoms with E-state index < -0.39 is 0 Å². The maximum Gasteiger partial charge on any atom is 0.257 e. The van der Waals surface area contributed by atoms with Crippen molar-refractivity contribution in [2.24, 2.45) is 23.2 Å². The number of phenolic OH excluding ortho intramolecular Hbond substituents is 1. The highest BCUT2D eigenvalue weighted by atomic mass is 16.5. The third-order valence-electron chi connectivity index (χ3n) is 7.78. The van der Waals surface area contributed by atoms with Gasteiger partial charge in [0.05, 0.1) is 18.1 Å². The van der Waals surface area contributed by atoms with Gasteiger partial charge in [-0.05, 0) is 68.4 Å². The number of amides is 2. The van der Waals surface area contributed by atoms with Crippen LogP contribution < -0.4 is 4.74 Å². The molecule has 0 spiro atoms. The molecule has 1 heterocycles. The predicted octanol–water partition coefficient (Wildman–Crippen LogP) is 2.90. The number of ether oxygens (including phenoxy) is 1. The summed E-state index contributed by atoms with van der Waals surface area (Å²) in [5.74, 6) is 2.87. The number of piperazine rings is 1. The number of benzene rings is 1. The topological polar surface area (TPSA) is 70.1 Å². The van der Waals surface area contributed by atoms with E-state index in [1.807, 2.05) is 4.90 Å². The van der Waals surface area contributed by atoms with Crippen LogP contribution in [0.15, 0.2) is 18.2 Å².